The fraction of sp³-hybridized carbons (Fsp3) is 0.778. The van der Waals surface area contributed by atoms with E-state index in [2.05, 4.69) is 15.5 Å². The second-order valence-corrected chi connectivity index (χ2v) is 3.78. The van der Waals surface area contributed by atoms with Crippen molar-refractivity contribution in [2.45, 2.75) is 19.4 Å². The number of amides is 2. The summed E-state index contributed by atoms with van der Waals surface area (Å²) in [5, 5.41) is 5.33. The number of Topliss-reactive ketones (excluding diaryl/α,β-unsaturated/α-hetero) is 1. The molecule has 5 heteroatoms. The van der Waals surface area contributed by atoms with Gasteiger partial charge in [0.05, 0.1) is 6.54 Å². The Bertz CT molecular complexity index is 230. The molecule has 1 aliphatic rings. The Morgan fingerprint density at radius 3 is 2.71 bits per heavy atom. The first-order valence-corrected chi connectivity index (χ1v) is 4.80. The molecule has 0 saturated carbocycles. The van der Waals surface area contributed by atoms with Gasteiger partial charge in [-0.05, 0) is 26.9 Å². The largest absolute Gasteiger partial charge is 0.334 e. The van der Waals surface area contributed by atoms with Crippen LogP contribution in [-0.2, 0) is 4.79 Å². The van der Waals surface area contributed by atoms with E-state index >= 15 is 0 Å². The summed E-state index contributed by atoms with van der Waals surface area (Å²) in [7, 11) is 2.02. The van der Waals surface area contributed by atoms with Crippen LogP contribution < -0.4 is 10.6 Å². The number of carbonyl (C=O) groups excluding carboxylic acids is 2. The number of nitrogens with one attached hydrogen (secondary N) is 2. The molecule has 0 bridgehead atoms. The number of nitrogens with zero attached hydrogens (tertiary/aromatic N) is 1. The minimum atomic E-state index is -0.250. The van der Waals surface area contributed by atoms with Crippen LogP contribution >= 0.6 is 0 Å². The Hall–Kier alpha value is -1.10. The van der Waals surface area contributed by atoms with Gasteiger partial charge in [0.1, 0.15) is 5.78 Å². The lowest BCUT2D eigenvalue weighted by Crippen LogP contribution is -2.44. The standard InChI is InChI=1S/C9H17N3O2/c1-7(13)5-10-9(14)11-8-3-4-12(2)6-8/h8H,3-6H2,1-2H3,(H2,10,11,14). The molecule has 0 aliphatic carbocycles. The van der Waals surface area contributed by atoms with Gasteiger partial charge < -0.3 is 15.5 Å². The van der Waals surface area contributed by atoms with Crippen LogP contribution in [0.3, 0.4) is 0 Å². The lowest BCUT2D eigenvalue weighted by atomic mass is 10.3. The van der Waals surface area contributed by atoms with Crippen LogP contribution in [-0.4, -0.2) is 49.4 Å². The van der Waals surface area contributed by atoms with E-state index in [1.165, 1.54) is 6.92 Å². The van der Waals surface area contributed by atoms with Gasteiger partial charge in [0.25, 0.3) is 0 Å². The molecular formula is C9H17N3O2. The van der Waals surface area contributed by atoms with E-state index in [1.807, 2.05) is 7.05 Å². The summed E-state index contributed by atoms with van der Waals surface area (Å²) in [4.78, 5) is 24.0. The number of likely N-dealkylation sites (tertiary alicyclic amines) is 1. The number of urea groups is 1. The normalized spacial score (nSPS) is 22.0. The van der Waals surface area contributed by atoms with Gasteiger partial charge in [-0.2, -0.15) is 0 Å². The van der Waals surface area contributed by atoms with Gasteiger partial charge in [0, 0.05) is 12.6 Å². The van der Waals surface area contributed by atoms with Crippen LogP contribution in [0.1, 0.15) is 13.3 Å². The van der Waals surface area contributed by atoms with Gasteiger partial charge in [-0.1, -0.05) is 0 Å². The molecule has 1 unspecified atom stereocenters. The maximum Gasteiger partial charge on any atom is 0.315 e. The van der Waals surface area contributed by atoms with E-state index in [4.69, 9.17) is 0 Å². The third-order valence-corrected chi connectivity index (χ3v) is 2.22. The molecule has 14 heavy (non-hydrogen) atoms. The Morgan fingerprint density at radius 1 is 1.50 bits per heavy atom. The highest BCUT2D eigenvalue weighted by atomic mass is 16.2. The molecule has 0 radical (unpaired) electrons. The smallest absolute Gasteiger partial charge is 0.315 e. The Kier molecular flexibility index (Phi) is 3.88. The van der Waals surface area contributed by atoms with Crippen LogP contribution in [0.15, 0.2) is 0 Å². The molecule has 1 aliphatic heterocycles. The molecule has 5 nitrogen and oxygen atoms in total. The summed E-state index contributed by atoms with van der Waals surface area (Å²) >= 11 is 0. The first kappa shape index (κ1) is 11.0. The van der Waals surface area contributed by atoms with Crippen molar-refractivity contribution in [3.63, 3.8) is 0 Å². The minimum absolute atomic E-state index is 0.0383. The van der Waals surface area contributed by atoms with Crippen molar-refractivity contribution >= 4 is 11.8 Å². The minimum Gasteiger partial charge on any atom is -0.334 e. The molecule has 2 amide bonds. The number of hydrogen-bond donors (Lipinski definition) is 2. The van der Waals surface area contributed by atoms with Crippen molar-refractivity contribution in [3.05, 3.63) is 0 Å². The van der Waals surface area contributed by atoms with Crippen molar-refractivity contribution in [2.75, 3.05) is 26.7 Å². The van der Waals surface area contributed by atoms with Gasteiger partial charge in [-0.15, -0.1) is 0 Å². The van der Waals surface area contributed by atoms with Crippen molar-refractivity contribution in [1.82, 2.24) is 15.5 Å². The van der Waals surface area contributed by atoms with E-state index < -0.39 is 0 Å². The molecule has 80 valence electrons. The Labute approximate surface area is 83.8 Å². The van der Waals surface area contributed by atoms with Crippen LogP contribution in [0.5, 0.6) is 0 Å². The van der Waals surface area contributed by atoms with Crippen molar-refractivity contribution < 1.29 is 9.59 Å². The third-order valence-electron chi connectivity index (χ3n) is 2.22. The predicted molar refractivity (Wildman–Crippen MR) is 53.1 cm³/mol. The zero-order chi connectivity index (χ0) is 10.6. The maximum absolute atomic E-state index is 11.2. The summed E-state index contributed by atoms with van der Waals surface area (Å²) < 4.78 is 0. The lowest BCUT2D eigenvalue weighted by molar-refractivity contribution is -0.116. The molecule has 0 aromatic carbocycles. The van der Waals surface area contributed by atoms with Crippen molar-refractivity contribution in [2.24, 2.45) is 0 Å². The molecule has 0 aromatic rings. The van der Waals surface area contributed by atoms with Crippen molar-refractivity contribution in [1.29, 1.82) is 0 Å². The zero-order valence-electron chi connectivity index (χ0n) is 8.67. The summed E-state index contributed by atoms with van der Waals surface area (Å²) in [5.41, 5.74) is 0. The molecule has 1 heterocycles. The van der Waals surface area contributed by atoms with Gasteiger partial charge in [-0.3, -0.25) is 4.79 Å². The number of likely N-dealkylation sites (N-methyl/N-ethyl adjacent to an activating group) is 1. The molecule has 1 saturated heterocycles. The maximum atomic E-state index is 11.2. The highest BCUT2D eigenvalue weighted by Gasteiger charge is 2.20. The Balaban J connectivity index is 2.17. The number of rotatable bonds is 3. The van der Waals surface area contributed by atoms with Crippen LogP contribution in [0.25, 0.3) is 0 Å². The zero-order valence-corrected chi connectivity index (χ0v) is 8.67. The first-order chi connectivity index (χ1) is 6.58. The average molecular weight is 199 g/mol. The number of ketones is 1. The molecular weight excluding hydrogens is 182 g/mol. The van der Waals surface area contributed by atoms with Crippen LogP contribution in [0, 0.1) is 0 Å². The van der Waals surface area contributed by atoms with Crippen molar-refractivity contribution in [3.8, 4) is 0 Å². The van der Waals surface area contributed by atoms with Crippen LogP contribution in [0.4, 0.5) is 4.79 Å². The Morgan fingerprint density at radius 2 is 2.21 bits per heavy atom. The first-order valence-electron chi connectivity index (χ1n) is 4.80. The van der Waals surface area contributed by atoms with Gasteiger partial charge in [0.15, 0.2) is 0 Å². The molecule has 0 spiro atoms. The van der Waals surface area contributed by atoms with Crippen LogP contribution in [0.2, 0.25) is 0 Å². The van der Waals surface area contributed by atoms with E-state index in [0.29, 0.717) is 0 Å². The molecule has 1 atom stereocenters. The summed E-state index contributed by atoms with van der Waals surface area (Å²) in [6.07, 6.45) is 0.976. The fourth-order valence-electron chi connectivity index (χ4n) is 1.49. The average Bonchev–Trinajstić information content (AvgIpc) is 2.48. The molecule has 0 aromatic heterocycles. The van der Waals surface area contributed by atoms with E-state index in [1.54, 1.807) is 0 Å². The quantitative estimate of drug-likeness (QED) is 0.649. The topological polar surface area (TPSA) is 61.4 Å². The highest BCUT2D eigenvalue weighted by Crippen LogP contribution is 2.05. The van der Waals surface area contributed by atoms with E-state index in [0.717, 1.165) is 19.5 Å². The van der Waals surface area contributed by atoms with E-state index in [9.17, 15) is 9.59 Å². The summed E-state index contributed by atoms with van der Waals surface area (Å²) in [6.45, 7) is 3.45. The summed E-state index contributed by atoms with van der Waals surface area (Å²) in [5.74, 6) is -0.0383. The van der Waals surface area contributed by atoms with Gasteiger partial charge in [0.2, 0.25) is 0 Å². The SMILES string of the molecule is CC(=O)CNC(=O)NC1CCN(C)C1. The van der Waals surface area contributed by atoms with Gasteiger partial charge >= 0.3 is 6.03 Å². The fourth-order valence-corrected chi connectivity index (χ4v) is 1.49. The second-order valence-electron chi connectivity index (χ2n) is 3.78. The molecule has 1 rings (SSSR count). The number of hydrogen-bond acceptors (Lipinski definition) is 3. The highest BCUT2D eigenvalue weighted by molar-refractivity contribution is 5.83. The third kappa shape index (κ3) is 3.74. The van der Waals surface area contributed by atoms with Gasteiger partial charge in [-0.25, -0.2) is 4.79 Å². The summed E-state index contributed by atoms with van der Waals surface area (Å²) in [6, 6.07) is -0.0348. The number of carbonyl (C=O) groups is 2. The predicted octanol–water partition coefficient (Wildman–Crippen LogP) is -0.421. The second kappa shape index (κ2) is 4.95. The lowest BCUT2D eigenvalue weighted by Gasteiger charge is -2.12. The molecule has 1 fully saturated rings. The molecule has 2 N–H and O–H groups in total. The van der Waals surface area contributed by atoms with E-state index in [-0.39, 0.29) is 24.4 Å². The monoisotopic (exact) mass is 199 g/mol.